The fraction of sp³-hybridized carbons (Fsp3) is 0.231. The Labute approximate surface area is 206 Å². The summed E-state index contributed by atoms with van der Waals surface area (Å²) in [6.45, 7) is 0.811. The van der Waals surface area contributed by atoms with Crippen LogP contribution in [0.5, 0.6) is 5.75 Å². The number of pyridine rings is 2. The molecule has 0 atom stereocenters. The number of hydrogen-bond acceptors (Lipinski definition) is 6. The van der Waals surface area contributed by atoms with Gasteiger partial charge in [0.25, 0.3) is 11.5 Å². The van der Waals surface area contributed by atoms with E-state index in [4.69, 9.17) is 15.2 Å². The van der Waals surface area contributed by atoms with Crippen molar-refractivity contribution in [3.8, 4) is 5.75 Å². The maximum Gasteiger partial charge on any atom is 0.252 e. The molecule has 0 aliphatic heterocycles. The van der Waals surface area contributed by atoms with Crippen molar-refractivity contribution in [1.82, 2.24) is 19.3 Å². The lowest BCUT2D eigenvalue weighted by Crippen LogP contribution is -2.18. The largest absolute Gasteiger partial charge is 0.494 e. The van der Waals surface area contributed by atoms with Crippen molar-refractivity contribution >= 4 is 5.91 Å². The molecule has 9 nitrogen and oxygen atoms in total. The van der Waals surface area contributed by atoms with Gasteiger partial charge in [-0.05, 0) is 17.2 Å². The van der Waals surface area contributed by atoms with E-state index >= 15 is 0 Å². The average Bonchev–Trinajstić information content (AvgIpc) is 3.19. The van der Waals surface area contributed by atoms with Gasteiger partial charge in [-0.15, -0.1) is 0 Å². The van der Waals surface area contributed by atoms with Crippen molar-refractivity contribution in [2.75, 3.05) is 14.2 Å². The normalized spacial score (nSPS) is 11.0. The van der Waals surface area contributed by atoms with Gasteiger partial charge in [0.2, 0.25) is 0 Å². The monoisotopic (exact) mass is 491 g/mol. The molecule has 0 aliphatic rings. The third kappa shape index (κ3) is 5.33. The molecule has 0 fully saturated rings. The fourth-order valence-electron chi connectivity index (χ4n) is 4.00. The maximum absolute atomic E-state index is 14.9. The molecule has 2 N–H and O–H groups in total. The molecule has 4 aromatic rings. The number of rotatable bonds is 10. The van der Waals surface area contributed by atoms with Crippen LogP contribution in [0.3, 0.4) is 0 Å². The van der Waals surface area contributed by atoms with Gasteiger partial charge < -0.3 is 19.8 Å². The number of carbonyl (C=O) groups excluding carboxylic acids is 1. The Morgan fingerprint density at radius 2 is 1.75 bits per heavy atom. The second-order valence-corrected chi connectivity index (χ2v) is 8.16. The second kappa shape index (κ2) is 11.0. The van der Waals surface area contributed by atoms with Crippen LogP contribution >= 0.6 is 0 Å². The van der Waals surface area contributed by atoms with Crippen LogP contribution in [0, 0.1) is 5.82 Å². The standard InChI is InChI=1S/C26H26FN5O4/c1-35-16-20-24(26(28)34)21(13-19-25(27)22(36-2)10-11-29-19)32(30-20)15-18-8-6-17(7-9-18)14-31-12-4-3-5-23(31)33/h3-12H,13-16H2,1-2H3,(H2,28,34). The van der Waals surface area contributed by atoms with Gasteiger partial charge in [-0.1, -0.05) is 30.3 Å². The molecule has 0 saturated carbocycles. The fourth-order valence-corrected chi connectivity index (χ4v) is 4.00. The van der Waals surface area contributed by atoms with E-state index in [2.05, 4.69) is 10.1 Å². The predicted molar refractivity (Wildman–Crippen MR) is 130 cm³/mol. The highest BCUT2D eigenvalue weighted by molar-refractivity contribution is 5.95. The first-order valence-electron chi connectivity index (χ1n) is 11.2. The third-order valence-corrected chi connectivity index (χ3v) is 5.75. The van der Waals surface area contributed by atoms with Crippen LogP contribution in [0.25, 0.3) is 0 Å². The second-order valence-electron chi connectivity index (χ2n) is 8.16. The molecule has 0 saturated heterocycles. The average molecular weight is 492 g/mol. The van der Waals surface area contributed by atoms with Crippen LogP contribution in [0.4, 0.5) is 4.39 Å². The molecule has 1 aromatic carbocycles. The molecule has 3 aromatic heterocycles. The molecule has 0 unspecified atom stereocenters. The molecule has 0 bridgehead atoms. The highest BCUT2D eigenvalue weighted by Crippen LogP contribution is 2.24. The summed E-state index contributed by atoms with van der Waals surface area (Å²) in [4.78, 5) is 28.5. The Hall–Kier alpha value is -4.31. The lowest BCUT2D eigenvalue weighted by atomic mass is 10.1. The number of carbonyl (C=O) groups is 1. The van der Waals surface area contributed by atoms with Gasteiger partial charge in [0.15, 0.2) is 11.6 Å². The number of ether oxygens (including phenoxy) is 2. The molecule has 4 rings (SSSR count). The van der Waals surface area contributed by atoms with Crippen molar-refractivity contribution < 1.29 is 18.7 Å². The van der Waals surface area contributed by atoms with Crippen LogP contribution in [-0.4, -0.2) is 39.5 Å². The highest BCUT2D eigenvalue weighted by atomic mass is 19.1. The van der Waals surface area contributed by atoms with Crippen molar-refractivity contribution in [2.24, 2.45) is 5.73 Å². The zero-order valence-corrected chi connectivity index (χ0v) is 20.0. The van der Waals surface area contributed by atoms with Gasteiger partial charge in [-0.2, -0.15) is 5.10 Å². The number of halogens is 1. The number of primary amides is 1. The number of nitrogens with two attached hydrogens (primary N) is 1. The lowest BCUT2D eigenvalue weighted by molar-refractivity contribution is 0.0994. The van der Waals surface area contributed by atoms with E-state index < -0.39 is 11.7 Å². The molecular weight excluding hydrogens is 465 g/mol. The highest BCUT2D eigenvalue weighted by Gasteiger charge is 2.24. The van der Waals surface area contributed by atoms with Gasteiger partial charge >= 0.3 is 0 Å². The number of aromatic nitrogens is 4. The molecule has 186 valence electrons. The zero-order valence-electron chi connectivity index (χ0n) is 20.0. The molecule has 3 heterocycles. The predicted octanol–water partition coefficient (Wildman–Crippen LogP) is 2.52. The lowest BCUT2D eigenvalue weighted by Gasteiger charge is -2.11. The Morgan fingerprint density at radius 3 is 2.39 bits per heavy atom. The molecular formula is C26H26FN5O4. The minimum atomic E-state index is -0.685. The Morgan fingerprint density at radius 1 is 1.03 bits per heavy atom. The van der Waals surface area contributed by atoms with Crippen molar-refractivity contribution in [3.63, 3.8) is 0 Å². The van der Waals surface area contributed by atoms with Gasteiger partial charge in [0, 0.05) is 38.1 Å². The number of hydrogen-bond donors (Lipinski definition) is 1. The minimum Gasteiger partial charge on any atom is -0.494 e. The van der Waals surface area contributed by atoms with Crippen LogP contribution < -0.4 is 16.0 Å². The number of methoxy groups -OCH3 is 2. The van der Waals surface area contributed by atoms with Crippen LogP contribution in [0.15, 0.2) is 65.7 Å². The first-order chi connectivity index (χ1) is 17.4. The molecule has 0 aliphatic carbocycles. The number of nitrogens with zero attached hydrogens (tertiary/aromatic N) is 4. The Kier molecular flexibility index (Phi) is 7.55. The summed E-state index contributed by atoms with van der Waals surface area (Å²) in [5, 5.41) is 4.55. The molecule has 36 heavy (non-hydrogen) atoms. The Balaban J connectivity index is 1.67. The number of amides is 1. The summed E-state index contributed by atoms with van der Waals surface area (Å²) in [6.07, 6.45) is 3.16. The van der Waals surface area contributed by atoms with E-state index in [1.54, 1.807) is 21.5 Å². The molecule has 0 spiro atoms. The van der Waals surface area contributed by atoms with E-state index in [0.29, 0.717) is 24.5 Å². The summed E-state index contributed by atoms with van der Waals surface area (Å²) in [7, 11) is 2.86. The van der Waals surface area contributed by atoms with Crippen molar-refractivity contribution in [3.05, 3.63) is 111 Å². The van der Waals surface area contributed by atoms with E-state index in [9.17, 15) is 14.0 Å². The van der Waals surface area contributed by atoms with Gasteiger partial charge in [-0.25, -0.2) is 4.39 Å². The Bertz CT molecular complexity index is 1430. The smallest absolute Gasteiger partial charge is 0.252 e. The van der Waals surface area contributed by atoms with E-state index in [1.807, 2.05) is 30.3 Å². The summed E-state index contributed by atoms with van der Waals surface area (Å²) in [5.41, 5.74) is 8.53. The number of benzene rings is 1. The van der Waals surface area contributed by atoms with E-state index in [1.165, 1.54) is 32.5 Å². The summed E-state index contributed by atoms with van der Waals surface area (Å²) in [5.74, 6) is -1.25. The van der Waals surface area contributed by atoms with Crippen LogP contribution in [-0.2, 0) is 30.9 Å². The van der Waals surface area contributed by atoms with Gasteiger partial charge in [0.05, 0.1) is 43.8 Å². The zero-order chi connectivity index (χ0) is 25.7. The first-order valence-corrected chi connectivity index (χ1v) is 11.2. The maximum atomic E-state index is 14.9. The van der Waals surface area contributed by atoms with E-state index in [0.717, 1.165) is 11.1 Å². The summed E-state index contributed by atoms with van der Waals surface area (Å²) >= 11 is 0. The summed E-state index contributed by atoms with van der Waals surface area (Å²) < 4.78 is 28.4. The molecule has 0 radical (unpaired) electrons. The van der Waals surface area contributed by atoms with Crippen molar-refractivity contribution in [2.45, 2.75) is 26.1 Å². The van der Waals surface area contributed by atoms with Crippen molar-refractivity contribution in [1.29, 1.82) is 0 Å². The molecule has 1 amide bonds. The van der Waals surface area contributed by atoms with Crippen LogP contribution in [0.1, 0.15) is 38.6 Å². The summed E-state index contributed by atoms with van der Waals surface area (Å²) in [6, 6.07) is 14.1. The molecule has 10 heteroatoms. The topological polar surface area (TPSA) is 114 Å². The SMILES string of the molecule is COCc1nn(Cc2ccc(Cn3ccccc3=O)cc2)c(Cc2nccc(OC)c2F)c1C(N)=O. The minimum absolute atomic E-state index is 0.0208. The van der Waals surface area contributed by atoms with Gasteiger partial charge in [0.1, 0.15) is 5.69 Å². The third-order valence-electron chi connectivity index (χ3n) is 5.75. The quantitative estimate of drug-likeness (QED) is 0.365. The van der Waals surface area contributed by atoms with Crippen LogP contribution in [0.2, 0.25) is 0 Å². The van der Waals surface area contributed by atoms with E-state index in [-0.39, 0.29) is 35.6 Å². The first kappa shape index (κ1) is 24.8. The van der Waals surface area contributed by atoms with Gasteiger partial charge in [-0.3, -0.25) is 19.3 Å².